The average Bonchev–Trinajstić information content (AvgIpc) is 2.28. The van der Waals surface area contributed by atoms with E-state index in [-0.39, 0.29) is 11.6 Å². The van der Waals surface area contributed by atoms with Crippen LogP contribution >= 0.6 is 0 Å². The molecule has 0 atom stereocenters. The normalized spacial score (nSPS) is 35.3. The van der Waals surface area contributed by atoms with E-state index in [9.17, 15) is 5.11 Å². The quantitative estimate of drug-likeness (QED) is 0.494. The molecule has 0 heterocycles. The topological polar surface area (TPSA) is 80.9 Å². The summed E-state index contributed by atoms with van der Waals surface area (Å²) in [5, 5.41) is 9.48. The van der Waals surface area contributed by atoms with Crippen molar-refractivity contribution in [3.63, 3.8) is 0 Å². The van der Waals surface area contributed by atoms with Gasteiger partial charge in [-0.3, -0.25) is 0 Å². The molecule has 1 aliphatic carbocycles. The maximum absolute atomic E-state index is 9.48. The van der Waals surface area contributed by atoms with Crippen LogP contribution in [0.3, 0.4) is 0 Å². The second-order valence-corrected chi connectivity index (χ2v) is 5.84. The summed E-state index contributed by atoms with van der Waals surface area (Å²) < 4.78 is 20.8. The predicted molar refractivity (Wildman–Crippen MR) is 49.9 cm³/mol. The molecule has 0 aromatic rings. The van der Waals surface area contributed by atoms with Gasteiger partial charge in [0.05, 0.1) is 6.10 Å². The fourth-order valence-electron chi connectivity index (χ4n) is 1.84. The monoisotopic (exact) mass is 212 g/mol. The van der Waals surface area contributed by atoms with Gasteiger partial charge in [-0.05, 0) is 25.7 Å². The van der Waals surface area contributed by atoms with Crippen molar-refractivity contribution in [1.82, 2.24) is 0 Å². The molecule has 4 N–H and O–H groups in total. The molecule has 0 saturated heterocycles. The largest absolute Gasteiger partial charge is 0.496 e. The Kier molecular flexibility index (Phi) is 2.56. The zero-order valence-electron chi connectivity index (χ0n) is 10.6. The van der Waals surface area contributed by atoms with Crippen molar-refractivity contribution in [3.05, 3.63) is 0 Å². The molecule has 0 unspecified atom stereocenters. The Bertz CT molecular complexity index is 187. The molecular weight excluding hydrogens is 188 g/mol. The highest BCUT2D eigenvalue weighted by Gasteiger charge is 2.38. The first-order chi connectivity index (χ1) is 7.68. The van der Waals surface area contributed by atoms with Gasteiger partial charge in [-0.1, -0.05) is 12.8 Å². The van der Waals surface area contributed by atoms with E-state index in [4.69, 9.17) is 4.29 Å². The highest BCUT2D eigenvalue weighted by atomic mass is 28.4. The van der Waals surface area contributed by atoms with E-state index >= 15 is 0 Å². The van der Waals surface area contributed by atoms with Crippen LogP contribution in [0, 0.1) is 0 Å². The van der Waals surface area contributed by atoms with Gasteiger partial charge in [0.2, 0.25) is 0 Å². The van der Waals surface area contributed by atoms with Crippen molar-refractivity contribution in [1.29, 1.82) is 4.29 Å². The molecule has 5 heteroatoms. The highest BCUT2D eigenvalue weighted by Crippen LogP contribution is 2.31. The lowest BCUT2D eigenvalue weighted by Crippen LogP contribution is -2.41. The molecule has 0 aromatic carbocycles. The Morgan fingerprint density at radius 2 is 1.54 bits per heavy atom. The molecule has 1 saturated carbocycles. The van der Waals surface area contributed by atoms with Crippen molar-refractivity contribution < 1.29 is 19.5 Å². The summed E-state index contributed by atoms with van der Waals surface area (Å²) in [6.45, 7) is 0. The molecule has 13 heavy (non-hydrogen) atoms. The summed E-state index contributed by atoms with van der Waals surface area (Å²) in [5.74, 6) is 0. The Morgan fingerprint density at radius 3 is 2.00 bits per heavy atom. The smallest absolute Gasteiger partial charge is 0.393 e. The van der Waals surface area contributed by atoms with Gasteiger partial charge in [0.15, 0.2) is 4.29 Å². The average molecular weight is 212 g/mol. The Hall–Kier alpha value is 0.0569. The van der Waals surface area contributed by atoms with Crippen molar-refractivity contribution in [3.8, 4) is 0 Å². The molecule has 0 amide bonds. The van der Waals surface area contributed by atoms with Crippen LogP contribution in [0.2, 0.25) is 5.54 Å². The summed E-state index contributed by atoms with van der Waals surface area (Å²) in [6, 6.07) is 0. The number of rotatable bonds is 4. The maximum atomic E-state index is 9.48. The van der Waals surface area contributed by atoms with E-state index in [1.165, 1.54) is 0 Å². The minimum atomic E-state index is -3.47. The molecule has 0 bridgehead atoms. The van der Waals surface area contributed by atoms with E-state index in [1.807, 2.05) is 0 Å². The first-order valence-electron chi connectivity index (χ1n) is 6.02. The molecule has 1 fully saturated rings. The van der Waals surface area contributed by atoms with Crippen LogP contribution in [0.15, 0.2) is 0 Å². The standard InChI is InChI=1S/C8H18O4Si/c9-7-3-1-5-8(6-2-4-7)13(10,11)12/h7-12H,1-6H2/i10T,11T,12T. The Morgan fingerprint density at radius 1 is 1.00 bits per heavy atom. The lowest BCUT2D eigenvalue weighted by molar-refractivity contribution is 0.133. The summed E-state index contributed by atoms with van der Waals surface area (Å²) in [6.07, 6.45) is 4.03. The van der Waals surface area contributed by atoms with Crippen molar-refractivity contribution in [2.24, 2.45) is 0 Å². The summed E-state index contributed by atoms with van der Waals surface area (Å²) in [4.78, 5) is 13.2. The minimum Gasteiger partial charge on any atom is -0.393 e. The minimum absolute atomic E-state index is 0.188. The molecule has 0 aromatic heterocycles. The van der Waals surface area contributed by atoms with Gasteiger partial charge in [-0.2, -0.15) is 0 Å². The fraction of sp³-hybridized carbons (Fsp3) is 1.00. The summed E-state index contributed by atoms with van der Waals surface area (Å²) in [5.41, 5.74) is -0.188. The fourth-order valence-corrected chi connectivity index (χ4v) is 2.96. The van der Waals surface area contributed by atoms with Gasteiger partial charge >= 0.3 is 8.80 Å². The van der Waals surface area contributed by atoms with Crippen molar-refractivity contribution >= 4 is 8.80 Å². The SMILES string of the molecule is [3H]O[Si](O[3H])(O[3H])C1CCCC(O)CCC1. The van der Waals surface area contributed by atoms with Crippen molar-refractivity contribution in [2.75, 3.05) is 0 Å². The zero-order chi connectivity index (χ0) is 12.0. The van der Waals surface area contributed by atoms with E-state index < -0.39 is 8.80 Å². The van der Waals surface area contributed by atoms with Crippen LogP contribution in [-0.4, -0.2) is 38.7 Å². The number of aliphatic hydroxyl groups is 1. The third kappa shape index (κ3) is 3.74. The van der Waals surface area contributed by atoms with Crippen LogP contribution in [0.5, 0.6) is 0 Å². The van der Waals surface area contributed by atoms with E-state index in [0.29, 0.717) is 25.7 Å². The highest BCUT2D eigenvalue weighted by molar-refractivity contribution is 6.57. The Balaban J connectivity index is 2.62. The molecule has 4 nitrogen and oxygen atoms in total. The second kappa shape index (κ2) is 4.52. The number of aliphatic hydroxyl groups excluding tert-OH is 1. The van der Waals surface area contributed by atoms with Crippen molar-refractivity contribution in [2.45, 2.75) is 50.2 Å². The first kappa shape index (κ1) is 7.36. The van der Waals surface area contributed by atoms with Crippen LogP contribution in [0.1, 0.15) is 38.5 Å². The molecule has 78 valence electrons. The van der Waals surface area contributed by atoms with Gasteiger partial charge < -0.3 is 19.5 Å². The number of hydrogen-bond acceptors (Lipinski definition) is 4. The van der Waals surface area contributed by atoms with Gasteiger partial charge in [0.1, 0.15) is 0 Å². The predicted octanol–water partition coefficient (Wildman–Crippen LogP) is -0.0125. The molecule has 1 aliphatic rings. The third-order valence-electron chi connectivity index (χ3n) is 2.68. The maximum Gasteiger partial charge on any atom is 0.496 e. The van der Waals surface area contributed by atoms with Crippen LogP contribution < -0.4 is 0 Å². The molecular formula is C8H18O4Si. The van der Waals surface area contributed by atoms with Gasteiger partial charge in [-0.25, -0.2) is 0 Å². The van der Waals surface area contributed by atoms with Gasteiger partial charge in [-0.15, -0.1) is 0 Å². The zero-order valence-corrected chi connectivity index (χ0v) is 8.57. The van der Waals surface area contributed by atoms with Crippen LogP contribution in [-0.2, 0) is 0 Å². The lowest BCUT2D eigenvalue weighted by atomic mass is 9.98. The van der Waals surface area contributed by atoms with E-state index in [0.717, 1.165) is 12.8 Å². The van der Waals surface area contributed by atoms with E-state index in [2.05, 4.69) is 14.4 Å². The van der Waals surface area contributed by atoms with Crippen LogP contribution in [0.4, 0.5) is 0 Å². The lowest BCUT2D eigenvalue weighted by Gasteiger charge is -2.25. The van der Waals surface area contributed by atoms with Gasteiger partial charge in [0, 0.05) is 5.54 Å². The first-order valence-corrected chi connectivity index (χ1v) is 6.59. The summed E-state index contributed by atoms with van der Waals surface area (Å²) >= 11 is 0. The summed E-state index contributed by atoms with van der Waals surface area (Å²) in [7, 11) is -3.47. The van der Waals surface area contributed by atoms with Gasteiger partial charge in [0.25, 0.3) is 0 Å². The molecule has 0 aliphatic heterocycles. The number of hydrogen-bond donors (Lipinski definition) is 4. The molecule has 1 rings (SSSR count). The van der Waals surface area contributed by atoms with E-state index in [1.54, 1.807) is 0 Å². The molecule has 0 spiro atoms. The Labute approximate surface area is 83.7 Å². The molecule has 0 radical (unpaired) electrons. The third-order valence-corrected chi connectivity index (χ3v) is 4.26. The second-order valence-electron chi connectivity index (χ2n) is 3.82. The van der Waals surface area contributed by atoms with Crippen LogP contribution in [0.25, 0.3) is 0 Å².